The average molecular weight is 382 g/mol. The van der Waals surface area contributed by atoms with Gasteiger partial charge in [-0.1, -0.05) is 18.2 Å². The molecule has 0 N–H and O–H groups in total. The molecule has 0 aliphatic heterocycles. The van der Waals surface area contributed by atoms with Crippen LogP contribution in [0.2, 0.25) is 0 Å². The highest BCUT2D eigenvalue weighted by Gasteiger charge is 2.12. The van der Waals surface area contributed by atoms with E-state index in [0.29, 0.717) is 20.4 Å². The molecular formula is C22H14N4OS. The van der Waals surface area contributed by atoms with Crippen LogP contribution in [0.15, 0.2) is 47.3 Å². The van der Waals surface area contributed by atoms with Crippen LogP contribution in [-0.2, 0) is 0 Å². The van der Waals surface area contributed by atoms with Crippen LogP contribution in [-0.4, -0.2) is 4.57 Å². The topological polar surface area (TPSA) is 93.4 Å². The number of rotatable bonds is 2. The van der Waals surface area contributed by atoms with Gasteiger partial charge in [0.2, 0.25) is 0 Å². The van der Waals surface area contributed by atoms with E-state index in [-0.39, 0.29) is 11.1 Å². The third-order valence-electron chi connectivity index (χ3n) is 4.35. The normalized spacial score (nSPS) is 10.8. The first-order valence-electron chi connectivity index (χ1n) is 8.34. The van der Waals surface area contributed by atoms with Gasteiger partial charge >= 0.3 is 0 Å². The Morgan fingerprint density at radius 3 is 2.25 bits per heavy atom. The Morgan fingerprint density at radius 2 is 1.68 bits per heavy atom. The summed E-state index contributed by atoms with van der Waals surface area (Å²) in [4.78, 5) is 13.1. The highest BCUT2D eigenvalue weighted by atomic mass is 32.1. The Kier molecular flexibility index (Phi) is 5.23. The Morgan fingerprint density at radius 1 is 1.00 bits per heavy atom. The Bertz CT molecular complexity index is 1360. The molecule has 0 amide bonds. The molecule has 3 aromatic rings. The smallest absolute Gasteiger partial charge is 0.267 e. The van der Waals surface area contributed by atoms with Gasteiger partial charge in [-0.2, -0.15) is 15.8 Å². The molecular weight excluding hydrogens is 368 g/mol. The van der Waals surface area contributed by atoms with Crippen molar-refractivity contribution < 1.29 is 0 Å². The molecule has 0 atom stereocenters. The lowest BCUT2D eigenvalue weighted by molar-refractivity contribution is 0.983. The van der Waals surface area contributed by atoms with E-state index in [1.54, 1.807) is 36.4 Å². The van der Waals surface area contributed by atoms with E-state index in [9.17, 15) is 15.3 Å². The van der Waals surface area contributed by atoms with Crippen LogP contribution in [0.25, 0.3) is 17.3 Å². The number of nitrogens with zero attached hydrogens (tertiary/aromatic N) is 4. The summed E-state index contributed by atoms with van der Waals surface area (Å²) in [6.07, 6.45) is 1.70. The van der Waals surface area contributed by atoms with Crippen molar-refractivity contribution in [1.82, 2.24) is 4.57 Å². The van der Waals surface area contributed by atoms with Crippen LogP contribution in [0.1, 0.15) is 22.3 Å². The number of hydrogen-bond acceptors (Lipinski definition) is 5. The zero-order valence-electron chi connectivity index (χ0n) is 15.2. The Balaban J connectivity index is 2.35. The number of thiazole rings is 1. The van der Waals surface area contributed by atoms with E-state index >= 15 is 0 Å². The van der Waals surface area contributed by atoms with E-state index in [1.165, 1.54) is 4.57 Å². The van der Waals surface area contributed by atoms with Crippen LogP contribution in [0.4, 0.5) is 0 Å². The molecule has 0 radical (unpaired) electrons. The van der Waals surface area contributed by atoms with Gasteiger partial charge in [-0.15, -0.1) is 11.3 Å². The van der Waals surface area contributed by atoms with Gasteiger partial charge in [-0.05, 0) is 60.9 Å². The number of nitriles is 3. The highest BCUT2D eigenvalue weighted by molar-refractivity contribution is 7.07. The molecule has 28 heavy (non-hydrogen) atoms. The molecule has 1 heterocycles. The summed E-state index contributed by atoms with van der Waals surface area (Å²) in [5.41, 5.74) is 3.59. The summed E-state index contributed by atoms with van der Waals surface area (Å²) in [6, 6.07) is 18.2. The third-order valence-corrected chi connectivity index (χ3v) is 5.44. The summed E-state index contributed by atoms with van der Waals surface area (Å²) in [5, 5.41) is 27.6. The van der Waals surface area contributed by atoms with Gasteiger partial charge in [0.25, 0.3) is 5.56 Å². The molecule has 3 rings (SSSR count). The second-order valence-electron chi connectivity index (χ2n) is 6.16. The number of aryl methyl sites for hydroxylation is 2. The van der Waals surface area contributed by atoms with Crippen LogP contribution in [0.5, 0.6) is 0 Å². The first-order chi connectivity index (χ1) is 13.5. The molecule has 0 bridgehead atoms. The van der Waals surface area contributed by atoms with Crippen molar-refractivity contribution in [2.75, 3.05) is 0 Å². The maximum absolute atomic E-state index is 13.1. The zero-order chi connectivity index (χ0) is 20.3. The van der Waals surface area contributed by atoms with Crippen LogP contribution >= 0.6 is 11.3 Å². The lowest BCUT2D eigenvalue weighted by atomic mass is 10.1. The van der Waals surface area contributed by atoms with Crippen molar-refractivity contribution >= 4 is 23.0 Å². The van der Waals surface area contributed by atoms with E-state index in [1.807, 2.05) is 38.1 Å². The summed E-state index contributed by atoms with van der Waals surface area (Å²) in [5.74, 6) is 0. The van der Waals surface area contributed by atoms with Gasteiger partial charge in [-0.3, -0.25) is 9.36 Å². The van der Waals surface area contributed by atoms with Crippen molar-refractivity contribution in [3.05, 3.63) is 84.3 Å². The fraction of sp³-hybridized carbons (Fsp3) is 0.0909. The highest BCUT2D eigenvalue weighted by Crippen LogP contribution is 2.12. The zero-order valence-corrected chi connectivity index (χ0v) is 16.0. The first kappa shape index (κ1) is 18.9. The predicted molar refractivity (Wildman–Crippen MR) is 108 cm³/mol. The van der Waals surface area contributed by atoms with Gasteiger partial charge in [0.05, 0.1) is 21.9 Å². The molecule has 0 aliphatic rings. The summed E-state index contributed by atoms with van der Waals surface area (Å²) in [6.45, 7) is 3.92. The second kappa shape index (κ2) is 7.76. The minimum atomic E-state index is -0.296. The quantitative estimate of drug-likeness (QED) is 0.680. The molecule has 0 spiro atoms. The summed E-state index contributed by atoms with van der Waals surface area (Å²) >= 11 is 1.10. The molecule has 0 saturated carbocycles. The number of hydrogen-bond donors (Lipinski definition) is 0. The van der Waals surface area contributed by atoms with Crippen molar-refractivity contribution in [3.63, 3.8) is 0 Å². The Labute approximate surface area is 165 Å². The predicted octanol–water partition coefficient (Wildman–Crippen LogP) is 2.41. The number of benzene rings is 2. The van der Waals surface area contributed by atoms with Gasteiger partial charge in [0, 0.05) is 0 Å². The molecule has 6 heteroatoms. The minimum Gasteiger partial charge on any atom is -0.267 e. The average Bonchev–Trinajstić information content (AvgIpc) is 3.02. The number of aromatic nitrogens is 1. The van der Waals surface area contributed by atoms with Crippen molar-refractivity contribution in [3.8, 4) is 23.9 Å². The lowest BCUT2D eigenvalue weighted by Crippen LogP contribution is -2.30. The molecule has 134 valence electrons. The van der Waals surface area contributed by atoms with Gasteiger partial charge in [0.15, 0.2) is 5.57 Å². The van der Waals surface area contributed by atoms with Crippen LogP contribution < -0.4 is 14.8 Å². The molecule has 0 saturated heterocycles. The van der Waals surface area contributed by atoms with E-state index in [4.69, 9.17) is 5.26 Å². The molecule has 0 aliphatic carbocycles. The van der Waals surface area contributed by atoms with E-state index in [2.05, 4.69) is 6.07 Å². The maximum atomic E-state index is 13.1. The molecule has 0 unspecified atom stereocenters. The fourth-order valence-corrected chi connectivity index (χ4v) is 3.73. The monoisotopic (exact) mass is 382 g/mol. The fourth-order valence-electron chi connectivity index (χ4n) is 2.67. The van der Waals surface area contributed by atoms with Gasteiger partial charge in [-0.25, -0.2) is 0 Å². The molecule has 1 aromatic heterocycles. The summed E-state index contributed by atoms with van der Waals surface area (Å²) < 4.78 is 2.12. The maximum Gasteiger partial charge on any atom is 0.273 e. The van der Waals surface area contributed by atoms with Crippen molar-refractivity contribution in [2.45, 2.75) is 13.8 Å². The minimum absolute atomic E-state index is 0.111. The van der Waals surface area contributed by atoms with E-state index < -0.39 is 0 Å². The van der Waals surface area contributed by atoms with Gasteiger partial charge in [0.1, 0.15) is 16.8 Å². The Hall–Kier alpha value is -3.92. The molecule has 0 fully saturated rings. The van der Waals surface area contributed by atoms with Crippen LogP contribution in [0.3, 0.4) is 0 Å². The molecule has 5 nitrogen and oxygen atoms in total. The van der Waals surface area contributed by atoms with Crippen molar-refractivity contribution in [2.24, 2.45) is 0 Å². The lowest BCUT2D eigenvalue weighted by Gasteiger charge is -2.06. The van der Waals surface area contributed by atoms with Gasteiger partial charge < -0.3 is 0 Å². The van der Waals surface area contributed by atoms with Crippen LogP contribution in [0, 0.1) is 47.8 Å². The van der Waals surface area contributed by atoms with E-state index in [0.717, 1.165) is 28.0 Å². The van der Waals surface area contributed by atoms with Crippen molar-refractivity contribution in [1.29, 1.82) is 15.8 Å². The first-order valence-corrected chi connectivity index (χ1v) is 9.16. The third kappa shape index (κ3) is 3.48. The largest absolute Gasteiger partial charge is 0.273 e. The summed E-state index contributed by atoms with van der Waals surface area (Å²) in [7, 11) is 0. The standard InChI is InChI=1S/C22H14N4OS/c1-14-3-8-19(9-15(14)2)26-21(27)20(28-22(26)18(12-24)13-25)10-16-4-6-17(11-23)7-5-16/h3-10H,1-2H3/b20-10+. The second-order valence-corrected chi connectivity index (χ2v) is 7.19. The SMILES string of the molecule is Cc1ccc(-n2c(=C(C#N)C#N)s/c(=C/c3ccc(C#N)cc3)c2=O)cc1C. The molecule has 2 aromatic carbocycles.